The lowest BCUT2D eigenvalue weighted by molar-refractivity contribution is -0.123. The number of hydrogen-bond donors (Lipinski definition) is 3. The summed E-state index contributed by atoms with van der Waals surface area (Å²) in [5.74, 6) is -2.96. The summed E-state index contributed by atoms with van der Waals surface area (Å²) in [5, 5.41) is 4.05. The largest absolute Gasteiger partial charge is 0.369 e. The summed E-state index contributed by atoms with van der Waals surface area (Å²) < 4.78 is 29.0. The number of aryl methyl sites for hydroxylation is 1. The van der Waals surface area contributed by atoms with Crippen molar-refractivity contribution in [2.24, 2.45) is 18.7 Å². The maximum atomic E-state index is 12.9. The first-order chi connectivity index (χ1) is 14.4. The number of amides is 3. The van der Waals surface area contributed by atoms with E-state index in [0.717, 1.165) is 11.2 Å². The highest BCUT2D eigenvalue weighted by molar-refractivity contribution is 7.87. The van der Waals surface area contributed by atoms with Gasteiger partial charge in [-0.1, -0.05) is 23.2 Å². The molecule has 0 saturated carbocycles. The number of nitrogens with zero attached hydrogens (tertiary/aromatic N) is 2. The van der Waals surface area contributed by atoms with Crippen molar-refractivity contribution in [2.75, 3.05) is 13.1 Å². The number of nitrogens with one attached hydrogen (secondary N) is 2. The van der Waals surface area contributed by atoms with Gasteiger partial charge in [0.15, 0.2) is 0 Å². The molecular weight excluding hydrogens is 469 g/mol. The lowest BCUT2D eigenvalue weighted by Crippen LogP contribution is -2.58. The van der Waals surface area contributed by atoms with Crippen LogP contribution in [0.4, 0.5) is 0 Å². The molecule has 1 saturated heterocycles. The minimum Gasteiger partial charge on any atom is -0.369 e. The van der Waals surface area contributed by atoms with Crippen LogP contribution >= 0.6 is 23.2 Å². The molecule has 1 aromatic carbocycles. The summed E-state index contributed by atoms with van der Waals surface area (Å²) in [4.78, 5) is 36.1. The second kappa shape index (κ2) is 8.65. The minimum absolute atomic E-state index is 0.00606. The van der Waals surface area contributed by atoms with Crippen LogP contribution in [-0.4, -0.2) is 54.1 Å². The molecule has 31 heavy (non-hydrogen) atoms. The molecule has 2 heterocycles. The summed E-state index contributed by atoms with van der Waals surface area (Å²) in [6.45, 7) is 0.798. The topological polar surface area (TPSA) is 144 Å². The van der Waals surface area contributed by atoms with Crippen LogP contribution in [0.3, 0.4) is 0 Å². The molecule has 2 aromatic rings. The molecule has 0 bridgehead atoms. The van der Waals surface area contributed by atoms with E-state index in [1.807, 2.05) is 4.72 Å². The molecule has 3 amide bonds. The molecular formula is C18H21Cl2N5O5S. The maximum absolute atomic E-state index is 12.9. The fraction of sp³-hybridized carbons (Fsp3) is 0.389. The van der Waals surface area contributed by atoms with Crippen LogP contribution in [0, 0.1) is 5.92 Å². The summed E-state index contributed by atoms with van der Waals surface area (Å²) >= 11 is 12.3. The third kappa shape index (κ3) is 4.64. The Hall–Kier alpha value is -2.34. The fourth-order valence-electron chi connectivity index (χ4n) is 3.66. The number of fused-ring (bicyclic) bond motifs is 1. The number of halogens is 2. The summed E-state index contributed by atoms with van der Waals surface area (Å²) in [6, 6.07) is 4.26. The van der Waals surface area contributed by atoms with Gasteiger partial charge in [-0.3, -0.25) is 14.4 Å². The Bertz CT molecular complexity index is 1180. The molecule has 1 aliphatic rings. The lowest BCUT2D eigenvalue weighted by atomic mass is 9.92. The number of rotatable bonds is 5. The van der Waals surface area contributed by atoms with E-state index in [4.69, 9.17) is 28.9 Å². The molecule has 1 aromatic heterocycles. The zero-order chi connectivity index (χ0) is 23.1. The normalized spacial score (nSPS) is 19.9. The highest BCUT2D eigenvalue weighted by atomic mass is 35.5. The van der Waals surface area contributed by atoms with Crippen molar-refractivity contribution < 1.29 is 22.8 Å². The second-order valence-electron chi connectivity index (χ2n) is 7.28. The number of carbonyl (C=O) groups is 3. The van der Waals surface area contributed by atoms with Crippen LogP contribution < -0.4 is 15.8 Å². The number of aromatic nitrogens is 1. The van der Waals surface area contributed by atoms with Crippen molar-refractivity contribution in [1.82, 2.24) is 18.9 Å². The Morgan fingerprint density at radius 1 is 1.23 bits per heavy atom. The Morgan fingerprint density at radius 3 is 2.52 bits per heavy atom. The Kier molecular flexibility index (Phi) is 6.51. The molecule has 0 unspecified atom stereocenters. The van der Waals surface area contributed by atoms with E-state index < -0.39 is 39.9 Å². The first-order valence-electron chi connectivity index (χ1n) is 9.24. The van der Waals surface area contributed by atoms with E-state index in [-0.39, 0.29) is 25.2 Å². The van der Waals surface area contributed by atoms with Gasteiger partial charge < -0.3 is 15.6 Å². The first kappa shape index (κ1) is 23.3. The van der Waals surface area contributed by atoms with Gasteiger partial charge in [-0.05, 0) is 24.6 Å². The van der Waals surface area contributed by atoms with E-state index in [1.54, 1.807) is 29.8 Å². The van der Waals surface area contributed by atoms with Gasteiger partial charge in [-0.25, -0.2) is 4.72 Å². The monoisotopic (exact) mass is 489 g/mol. The number of primary amides is 1. The van der Waals surface area contributed by atoms with Gasteiger partial charge in [0.2, 0.25) is 11.8 Å². The highest BCUT2D eigenvalue weighted by Crippen LogP contribution is 2.32. The summed E-state index contributed by atoms with van der Waals surface area (Å²) in [5.41, 5.74) is 6.45. The van der Waals surface area contributed by atoms with E-state index >= 15 is 0 Å². The molecule has 10 nitrogen and oxygen atoms in total. The van der Waals surface area contributed by atoms with E-state index in [0.29, 0.717) is 20.9 Å². The molecule has 3 rings (SSSR count). The molecule has 1 fully saturated rings. The van der Waals surface area contributed by atoms with Gasteiger partial charge >= 0.3 is 10.2 Å². The third-order valence-corrected chi connectivity index (χ3v) is 7.59. The molecule has 0 radical (unpaired) electrons. The summed E-state index contributed by atoms with van der Waals surface area (Å²) in [7, 11) is -2.41. The van der Waals surface area contributed by atoms with Gasteiger partial charge in [0.25, 0.3) is 5.91 Å². The van der Waals surface area contributed by atoms with Crippen molar-refractivity contribution in [1.29, 1.82) is 0 Å². The van der Waals surface area contributed by atoms with Crippen molar-refractivity contribution in [3.63, 3.8) is 0 Å². The van der Waals surface area contributed by atoms with Crippen LogP contribution in [-0.2, 0) is 26.8 Å². The Morgan fingerprint density at radius 2 is 1.90 bits per heavy atom. The number of benzene rings is 1. The molecule has 2 atom stereocenters. The van der Waals surface area contributed by atoms with Crippen molar-refractivity contribution in [3.05, 3.63) is 33.9 Å². The average Bonchev–Trinajstić information content (AvgIpc) is 3.01. The second-order valence-corrected chi connectivity index (χ2v) is 9.74. The lowest BCUT2D eigenvalue weighted by Gasteiger charge is -2.36. The molecule has 0 spiro atoms. The summed E-state index contributed by atoms with van der Waals surface area (Å²) in [6.07, 6.45) is 0.134. The average molecular weight is 490 g/mol. The predicted octanol–water partition coefficient (Wildman–Crippen LogP) is 0.772. The van der Waals surface area contributed by atoms with Crippen molar-refractivity contribution in [3.8, 4) is 0 Å². The van der Waals surface area contributed by atoms with Crippen LogP contribution in [0.25, 0.3) is 10.9 Å². The number of nitrogens with two attached hydrogens (primary N) is 1. The van der Waals surface area contributed by atoms with Crippen LogP contribution in [0.5, 0.6) is 0 Å². The highest BCUT2D eigenvalue weighted by Gasteiger charge is 2.39. The van der Waals surface area contributed by atoms with Gasteiger partial charge in [-0.15, -0.1) is 0 Å². The van der Waals surface area contributed by atoms with Crippen molar-refractivity contribution >= 4 is 62.0 Å². The molecule has 4 N–H and O–H groups in total. The fourth-order valence-corrected chi connectivity index (χ4v) is 5.23. The molecule has 0 aliphatic carbocycles. The van der Waals surface area contributed by atoms with E-state index in [9.17, 15) is 22.8 Å². The van der Waals surface area contributed by atoms with Crippen LogP contribution in [0.2, 0.25) is 10.0 Å². The van der Waals surface area contributed by atoms with Gasteiger partial charge in [-0.2, -0.15) is 12.7 Å². The maximum Gasteiger partial charge on any atom is 0.303 e. The minimum atomic E-state index is -4.10. The van der Waals surface area contributed by atoms with Crippen LogP contribution in [0.1, 0.15) is 23.8 Å². The Balaban J connectivity index is 1.82. The quantitative estimate of drug-likeness (QED) is 0.567. The third-order valence-electron chi connectivity index (χ3n) is 5.22. The number of carbonyl (C=O) groups excluding carboxylic acids is 3. The molecule has 1 aliphatic heterocycles. The number of piperidine rings is 1. The predicted molar refractivity (Wildman–Crippen MR) is 116 cm³/mol. The molecule has 13 heteroatoms. The van der Waals surface area contributed by atoms with Gasteiger partial charge in [0, 0.05) is 44.0 Å². The zero-order valence-corrected chi connectivity index (χ0v) is 19.0. The molecule has 168 valence electrons. The first-order valence-corrected chi connectivity index (χ1v) is 11.4. The number of hydrogen-bond acceptors (Lipinski definition) is 5. The van der Waals surface area contributed by atoms with Gasteiger partial charge in [0.1, 0.15) is 5.69 Å². The van der Waals surface area contributed by atoms with Crippen LogP contribution in [0.15, 0.2) is 18.2 Å². The smallest absolute Gasteiger partial charge is 0.303 e. The Labute approximate surface area is 188 Å². The van der Waals surface area contributed by atoms with Gasteiger partial charge in [0.05, 0.1) is 16.0 Å². The van der Waals surface area contributed by atoms with E-state index in [2.05, 4.69) is 5.32 Å². The standard InChI is InChI=1S/C18H21Cl2N5O5S/c1-9(26)23-31(29,30)25-6-5-13(11(8-25)17(21)27)22-18(28)15-7-10-14(24(15)2)4-3-12(19)16(10)20/h3-4,7,11,13H,5-6,8H2,1-2H3,(H2,21,27)(H,22,28)(H,23,26)/t11-,13-/m0/s1. The van der Waals surface area contributed by atoms with Crippen molar-refractivity contribution in [2.45, 2.75) is 19.4 Å². The SMILES string of the molecule is CC(=O)NS(=O)(=O)N1CC[C@H](NC(=O)c2cc3c(Cl)c(Cl)ccc3n2C)[C@@H](C(N)=O)C1. The van der Waals surface area contributed by atoms with E-state index in [1.165, 1.54) is 0 Å². The zero-order valence-electron chi connectivity index (χ0n) is 16.7.